The van der Waals surface area contributed by atoms with Gasteiger partial charge in [0.2, 0.25) is 0 Å². The molecule has 1 aliphatic rings. The molecule has 2 nitrogen and oxygen atoms in total. The molecule has 4 heteroatoms. The van der Waals surface area contributed by atoms with Crippen molar-refractivity contribution in [3.63, 3.8) is 0 Å². The van der Waals surface area contributed by atoms with Gasteiger partial charge in [-0.3, -0.25) is 4.90 Å². The molecule has 1 aromatic carbocycles. The molecule has 0 aromatic heterocycles. The van der Waals surface area contributed by atoms with E-state index in [1.54, 1.807) is 12.1 Å². The molecule has 0 spiro atoms. The SMILES string of the molecule is CC[C@H](c1ccc(F)cc1Br)N1CCNCC1. The highest BCUT2D eigenvalue weighted by Gasteiger charge is 2.22. The minimum atomic E-state index is -0.184. The van der Waals surface area contributed by atoms with Crippen molar-refractivity contribution in [1.82, 2.24) is 10.2 Å². The van der Waals surface area contributed by atoms with E-state index < -0.39 is 0 Å². The van der Waals surface area contributed by atoms with Gasteiger partial charge in [0, 0.05) is 36.7 Å². The van der Waals surface area contributed by atoms with Gasteiger partial charge in [0.15, 0.2) is 0 Å². The highest BCUT2D eigenvalue weighted by atomic mass is 79.9. The first-order valence-corrected chi connectivity index (χ1v) is 6.91. The van der Waals surface area contributed by atoms with Gasteiger partial charge in [-0.05, 0) is 24.1 Å². The zero-order valence-electron chi connectivity index (χ0n) is 10.0. The van der Waals surface area contributed by atoms with Crippen LogP contribution in [0.2, 0.25) is 0 Å². The molecular weight excluding hydrogens is 283 g/mol. The van der Waals surface area contributed by atoms with Crippen LogP contribution in [0.5, 0.6) is 0 Å². The van der Waals surface area contributed by atoms with E-state index in [1.165, 1.54) is 5.56 Å². The van der Waals surface area contributed by atoms with Crippen molar-refractivity contribution in [3.8, 4) is 0 Å². The van der Waals surface area contributed by atoms with Crippen LogP contribution in [-0.2, 0) is 0 Å². The molecule has 0 saturated carbocycles. The average Bonchev–Trinajstić information content (AvgIpc) is 2.34. The topological polar surface area (TPSA) is 15.3 Å². The van der Waals surface area contributed by atoms with Crippen LogP contribution in [0.4, 0.5) is 4.39 Å². The Kier molecular flexibility index (Phi) is 4.54. The fourth-order valence-electron chi connectivity index (χ4n) is 2.44. The second-order valence-corrected chi connectivity index (χ2v) is 5.23. The molecule has 17 heavy (non-hydrogen) atoms. The molecular formula is C13H18BrFN2. The Bertz CT molecular complexity index is 378. The van der Waals surface area contributed by atoms with Gasteiger partial charge in [-0.2, -0.15) is 0 Å². The van der Waals surface area contributed by atoms with Crippen LogP contribution in [0.25, 0.3) is 0 Å². The van der Waals surface area contributed by atoms with Crippen molar-refractivity contribution in [2.75, 3.05) is 26.2 Å². The molecule has 0 radical (unpaired) electrons. The standard InChI is InChI=1S/C13H18BrFN2/c1-2-13(17-7-5-16-6-8-17)11-4-3-10(15)9-12(11)14/h3-4,9,13,16H,2,5-8H2,1H3/t13-/m1/s1. The van der Waals surface area contributed by atoms with Crippen molar-refractivity contribution < 1.29 is 4.39 Å². The molecule has 1 N–H and O–H groups in total. The molecule has 1 heterocycles. The van der Waals surface area contributed by atoms with Crippen molar-refractivity contribution in [2.45, 2.75) is 19.4 Å². The fourth-order valence-corrected chi connectivity index (χ4v) is 3.06. The lowest BCUT2D eigenvalue weighted by Gasteiger charge is -2.35. The van der Waals surface area contributed by atoms with Gasteiger partial charge in [-0.25, -0.2) is 4.39 Å². The van der Waals surface area contributed by atoms with Crippen LogP contribution in [0.15, 0.2) is 22.7 Å². The van der Waals surface area contributed by atoms with Gasteiger partial charge in [0.05, 0.1) is 0 Å². The fraction of sp³-hybridized carbons (Fsp3) is 0.538. The second kappa shape index (κ2) is 5.94. The molecule has 0 aliphatic carbocycles. The normalized spacial score (nSPS) is 19.2. The van der Waals surface area contributed by atoms with Crippen LogP contribution in [0.3, 0.4) is 0 Å². The van der Waals surface area contributed by atoms with E-state index in [4.69, 9.17) is 0 Å². The monoisotopic (exact) mass is 300 g/mol. The number of rotatable bonds is 3. The molecule has 0 unspecified atom stereocenters. The summed E-state index contributed by atoms with van der Waals surface area (Å²) in [4.78, 5) is 2.47. The van der Waals surface area contributed by atoms with Gasteiger partial charge >= 0.3 is 0 Å². The molecule has 0 amide bonds. The maximum absolute atomic E-state index is 13.1. The first kappa shape index (κ1) is 13.0. The first-order valence-electron chi connectivity index (χ1n) is 6.12. The zero-order valence-corrected chi connectivity index (χ0v) is 11.6. The number of halogens is 2. The Morgan fingerprint density at radius 2 is 2.12 bits per heavy atom. The maximum atomic E-state index is 13.1. The van der Waals surface area contributed by atoms with Gasteiger partial charge in [0.1, 0.15) is 5.82 Å². The molecule has 94 valence electrons. The average molecular weight is 301 g/mol. The van der Waals surface area contributed by atoms with Gasteiger partial charge in [-0.15, -0.1) is 0 Å². The second-order valence-electron chi connectivity index (χ2n) is 4.38. The minimum absolute atomic E-state index is 0.184. The smallest absolute Gasteiger partial charge is 0.124 e. The molecule has 1 aromatic rings. The van der Waals surface area contributed by atoms with E-state index in [9.17, 15) is 4.39 Å². The Hall–Kier alpha value is -0.450. The van der Waals surface area contributed by atoms with E-state index in [0.717, 1.165) is 37.1 Å². The van der Waals surface area contributed by atoms with Crippen molar-refractivity contribution in [2.24, 2.45) is 0 Å². The number of nitrogens with zero attached hydrogens (tertiary/aromatic N) is 1. The highest BCUT2D eigenvalue weighted by molar-refractivity contribution is 9.10. The van der Waals surface area contributed by atoms with Gasteiger partial charge in [0.25, 0.3) is 0 Å². The van der Waals surface area contributed by atoms with Crippen LogP contribution in [0.1, 0.15) is 24.9 Å². The third kappa shape index (κ3) is 3.06. The van der Waals surface area contributed by atoms with E-state index in [2.05, 4.69) is 33.1 Å². The molecule has 1 aliphatic heterocycles. The molecule has 1 fully saturated rings. The largest absolute Gasteiger partial charge is 0.314 e. The van der Waals surface area contributed by atoms with Crippen molar-refractivity contribution in [1.29, 1.82) is 0 Å². The zero-order chi connectivity index (χ0) is 12.3. The number of nitrogens with one attached hydrogen (secondary N) is 1. The quantitative estimate of drug-likeness (QED) is 0.923. The molecule has 1 atom stereocenters. The highest BCUT2D eigenvalue weighted by Crippen LogP contribution is 2.31. The third-order valence-electron chi connectivity index (χ3n) is 3.30. The lowest BCUT2D eigenvalue weighted by Crippen LogP contribution is -2.45. The lowest BCUT2D eigenvalue weighted by atomic mass is 10.0. The lowest BCUT2D eigenvalue weighted by molar-refractivity contribution is 0.169. The Labute approximate surface area is 110 Å². The summed E-state index contributed by atoms with van der Waals surface area (Å²) >= 11 is 3.47. The molecule has 0 bridgehead atoms. The van der Waals surface area contributed by atoms with E-state index in [-0.39, 0.29) is 5.82 Å². The summed E-state index contributed by atoms with van der Waals surface area (Å²) in [5.41, 5.74) is 1.19. The van der Waals surface area contributed by atoms with E-state index in [1.807, 2.05) is 6.07 Å². The van der Waals surface area contributed by atoms with Gasteiger partial charge in [-0.1, -0.05) is 28.9 Å². The molecule has 1 saturated heterocycles. The summed E-state index contributed by atoms with van der Waals surface area (Å²) in [6.45, 7) is 6.37. The third-order valence-corrected chi connectivity index (χ3v) is 3.99. The number of hydrogen-bond donors (Lipinski definition) is 1. The van der Waals surface area contributed by atoms with E-state index in [0.29, 0.717) is 6.04 Å². The van der Waals surface area contributed by atoms with Gasteiger partial charge < -0.3 is 5.32 Å². The molecule has 2 rings (SSSR count). The maximum Gasteiger partial charge on any atom is 0.124 e. The summed E-state index contributed by atoms with van der Waals surface area (Å²) in [6.07, 6.45) is 1.05. The predicted octanol–water partition coefficient (Wildman–Crippen LogP) is 2.94. The van der Waals surface area contributed by atoms with Crippen molar-refractivity contribution in [3.05, 3.63) is 34.1 Å². The number of piperazine rings is 1. The predicted molar refractivity (Wildman–Crippen MR) is 71.6 cm³/mol. The summed E-state index contributed by atoms with van der Waals surface area (Å²) in [5.74, 6) is -0.184. The number of hydrogen-bond acceptors (Lipinski definition) is 2. The van der Waals surface area contributed by atoms with Crippen LogP contribution in [0, 0.1) is 5.82 Å². The van der Waals surface area contributed by atoms with Crippen LogP contribution >= 0.6 is 15.9 Å². The minimum Gasteiger partial charge on any atom is -0.314 e. The Balaban J connectivity index is 2.21. The van der Waals surface area contributed by atoms with Crippen molar-refractivity contribution >= 4 is 15.9 Å². The summed E-state index contributed by atoms with van der Waals surface area (Å²) in [6, 6.07) is 5.38. The van der Waals surface area contributed by atoms with Crippen LogP contribution in [-0.4, -0.2) is 31.1 Å². The van der Waals surface area contributed by atoms with E-state index >= 15 is 0 Å². The van der Waals surface area contributed by atoms with Crippen LogP contribution < -0.4 is 5.32 Å². The Morgan fingerprint density at radius 1 is 1.41 bits per heavy atom. The summed E-state index contributed by atoms with van der Waals surface area (Å²) in [7, 11) is 0. The summed E-state index contributed by atoms with van der Waals surface area (Å²) in [5, 5.41) is 3.36. The first-order chi connectivity index (χ1) is 8.22. The number of benzene rings is 1. The Morgan fingerprint density at radius 3 is 2.71 bits per heavy atom. The summed E-state index contributed by atoms with van der Waals surface area (Å²) < 4.78 is 14.0.